The standard InChI is InChI=1S/C20H27NOS/c1-4-20(21(2)3,16-17-8-6-5-7-9-17)18-10-12-19(13-11-18)23-15-14-22/h5-13,22H,4,14-16H2,1-3H3. The summed E-state index contributed by atoms with van der Waals surface area (Å²) in [7, 11) is 4.34. The zero-order chi connectivity index (χ0) is 16.7. The maximum Gasteiger partial charge on any atom is 0.0525 e. The molecule has 0 aliphatic carbocycles. The minimum atomic E-state index is 0.00152. The Balaban J connectivity index is 2.30. The van der Waals surface area contributed by atoms with Crippen LogP contribution >= 0.6 is 11.8 Å². The van der Waals surface area contributed by atoms with Gasteiger partial charge in [-0.1, -0.05) is 49.4 Å². The average Bonchev–Trinajstić information content (AvgIpc) is 2.59. The number of aliphatic hydroxyl groups excluding tert-OH is 1. The summed E-state index contributed by atoms with van der Waals surface area (Å²) >= 11 is 1.70. The first-order valence-electron chi connectivity index (χ1n) is 8.18. The van der Waals surface area contributed by atoms with E-state index in [9.17, 15) is 0 Å². The van der Waals surface area contributed by atoms with Gasteiger partial charge in [0.15, 0.2) is 0 Å². The third-order valence-corrected chi connectivity index (χ3v) is 5.52. The Morgan fingerprint density at radius 3 is 2.17 bits per heavy atom. The first-order chi connectivity index (χ1) is 11.1. The lowest BCUT2D eigenvalue weighted by Gasteiger charge is -2.40. The second-order valence-electron chi connectivity index (χ2n) is 6.04. The molecule has 2 aromatic rings. The fraction of sp³-hybridized carbons (Fsp3) is 0.400. The number of hydrogen-bond donors (Lipinski definition) is 1. The van der Waals surface area contributed by atoms with Crippen LogP contribution in [-0.4, -0.2) is 36.5 Å². The summed E-state index contributed by atoms with van der Waals surface area (Å²) in [5.41, 5.74) is 2.71. The van der Waals surface area contributed by atoms with Crippen molar-refractivity contribution in [3.63, 3.8) is 0 Å². The van der Waals surface area contributed by atoms with E-state index in [1.54, 1.807) is 11.8 Å². The summed E-state index contributed by atoms with van der Waals surface area (Å²) < 4.78 is 0. The van der Waals surface area contributed by atoms with Gasteiger partial charge in [0.2, 0.25) is 0 Å². The van der Waals surface area contributed by atoms with E-state index in [2.05, 4.69) is 80.5 Å². The zero-order valence-electron chi connectivity index (χ0n) is 14.3. The zero-order valence-corrected chi connectivity index (χ0v) is 15.1. The topological polar surface area (TPSA) is 23.5 Å². The number of thioether (sulfide) groups is 1. The molecule has 1 unspecified atom stereocenters. The quantitative estimate of drug-likeness (QED) is 0.735. The number of benzene rings is 2. The van der Waals surface area contributed by atoms with Gasteiger partial charge in [0.25, 0.3) is 0 Å². The predicted octanol–water partition coefficient (Wildman–Crippen LogP) is 4.18. The largest absolute Gasteiger partial charge is 0.396 e. The molecule has 0 saturated heterocycles. The summed E-state index contributed by atoms with van der Waals surface area (Å²) in [6, 6.07) is 19.5. The van der Waals surface area contributed by atoms with Crippen molar-refractivity contribution in [1.29, 1.82) is 0 Å². The fourth-order valence-electron chi connectivity index (χ4n) is 3.12. The van der Waals surface area contributed by atoms with Crippen LogP contribution < -0.4 is 0 Å². The normalized spacial score (nSPS) is 14.0. The molecule has 0 amide bonds. The minimum absolute atomic E-state index is 0.00152. The monoisotopic (exact) mass is 329 g/mol. The molecule has 23 heavy (non-hydrogen) atoms. The molecule has 2 rings (SSSR count). The first kappa shape index (κ1) is 18.1. The molecule has 0 spiro atoms. The van der Waals surface area contributed by atoms with Gasteiger partial charge < -0.3 is 5.11 Å². The van der Waals surface area contributed by atoms with Crippen molar-refractivity contribution in [2.45, 2.75) is 30.2 Å². The lowest BCUT2D eigenvalue weighted by molar-refractivity contribution is 0.144. The van der Waals surface area contributed by atoms with E-state index in [-0.39, 0.29) is 12.1 Å². The van der Waals surface area contributed by atoms with Crippen LogP contribution in [0.3, 0.4) is 0 Å². The van der Waals surface area contributed by atoms with Gasteiger partial charge in [-0.05, 0) is 50.2 Å². The number of rotatable bonds is 8. The maximum atomic E-state index is 8.96. The predicted molar refractivity (Wildman–Crippen MR) is 100 cm³/mol. The highest BCUT2D eigenvalue weighted by atomic mass is 32.2. The van der Waals surface area contributed by atoms with Crippen molar-refractivity contribution >= 4 is 11.8 Å². The molecule has 1 atom stereocenters. The van der Waals surface area contributed by atoms with E-state index in [4.69, 9.17) is 5.11 Å². The molecule has 2 aromatic carbocycles. The molecule has 0 aliphatic heterocycles. The summed E-state index contributed by atoms with van der Waals surface area (Å²) in [6.07, 6.45) is 2.05. The van der Waals surface area contributed by atoms with E-state index >= 15 is 0 Å². The van der Waals surface area contributed by atoms with Crippen LogP contribution in [0, 0.1) is 0 Å². The maximum absolute atomic E-state index is 8.96. The Labute approximate surface area is 144 Å². The molecule has 0 aromatic heterocycles. The molecule has 2 nitrogen and oxygen atoms in total. The van der Waals surface area contributed by atoms with Crippen LogP contribution in [-0.2, 0) is 12.0 Å². The van der Waals surface area contributed by atoms with E-state index in [1.807, 2.05) is 0 Å². The highest BCUT2D eigenvalue weighted by molar-refractivity contribution is 7.99. The smallest absolute Gasteiger partial charge is 0.0525 e. The van der Waals surface area contributed by atoms with E-state index < -0.39 is 0 Å². The van der Waals surface area contributed by atoms with Crippen molar-refractivity contribution in [2.75, 3.05) is 26.5 Å². The molecule has 0 heterocycles. The third kappa shape index (κ3) is 4.37. The Bertz CT molecular complexity index is 582. The Hall–Kier alpha value is -1.29. The third-order valence-electron chi connectivity index (χ3n) is 4.53. The van der Waals surface area contributed by atoms with Crippen molar-refractivity contribution in [1.82, 2.24) is 4.90 Å². The molecule has 124 valence electrons. The molecule has 0 radical (unpaired) electrons. The first-order valence-corrected chi connectivity index (χ1v) is 9.16. The Kier molecular flexibility index (Phi) is 6.70. The summed E-state index contributed by atoms with van der Waals surface area (Å²) in [6.45, 7) is 2.48. The summed E-state index contributed by atoms with van der Waals surface area (Å²) in [5.74, 6) is 0.746. The van der Waals surface area contributed by atoms with Gasteiger partial charge >= 0.3 is 0 Å². The SMILES string of the molecule is CCC(Cc1ccccc1)(c1ccc(SCCO)cc1)N(C)C. The van der Waals surface area contributed by atoms with Crippen LogP contribution in [0.2, 0.25) is 0 Å². The van der Waals surface area contributed by atoms with Crippen LogP contribution in [0.4, 0.5) is 0 Å². The van der Waals surface area contributed by atoms with Crippen LogP contribution in [0.25, 0.3) is 0 Å². The second kappa shape index (κ2) is 8.53. The Morgan fingerprint density at radius 2 is 1.65 bits per heavy atom. The number of aliphatic hydroxyl groups is 1. The molecule has 0 aliphatic rings. The van der Waals surface area contributed by atoms with Crippen molar-refractivity contribution < 1.29 is 5.11 Å². The van der Waals surface area contributed by atoms with Gasteiger partial charge in [-0.2, -0.15) is 0 Å². The Morgan fingerprint density at radius 1 is 1.00 bits per heavy atom. The van der Waals surface area contributed by atoms with Gasteiger partial charge in [0.1, 0.15) is 0 Å². The molecule has 0 bridgehead atoms. The van der Waals surface area contributed by atoms with Gasteiger partial charge in [-0.15, -0.1) is 11.8 Å². The van der Waals surface area contributed by atoms with Crippen molar-refractivity contribution in [3.8, 4) is 0 Å². The van der Waals surface area contributed by atoms with E-state index in [1.165, 1.54) is 16.0 Å². The molecule has 0 saturated carbocycles. The summed E-state index contributed by atoms with van der Waals surface area (Å²) in [5, 5.41) is 8.96. The van der Waals surface area contributed by atoms with Gasteiger partial charge in [-0.3, -0.25) is 4.90 Å². The second-order valence-corrected chi connectivity index (χ2v) is 7.21. The number of hydrogen-bond acceptors (Lipinski definition) is 3. The number of nitrogens with zero attached hydrogens (tertiary/aromatic N) is 1. The van der Waals surface area contributed by atoms with Crippen LogP contribution in [0.5, 0.6) is 0 Å². The van der Waals surface area contributed by atoms with Gasteiger partial charge in [-0.25, -0.2) is 0 Å². The van der Waals surface area contributed by atoms with Gasteiger partial charge in [0, 0.05) is 16.2 Å². The average molecular weight is 330 g/mol. The molecular formula is C20H27NOS. The highest BCUT2D eigenvalue weighted by Crippen LogP contribution is 2.35. The van der Waals surface area contributed by atoms with Crippen LogP contribution in [0.1, 0.15) is 24.5 Å². The molecule has 3 heteroatoms. The highest BCUT2D eigenvalue weighted by Gasteiger charge is 2.32. The minimum Gasteiger partial charge on any atom is -0.396 e. The van der Waals surface area contributed by atoms with E-state index in [0.717, 1.165) is 18.6 Å². The van der Waals surface area contributed by atoms with E-state index in [0.29, 0.717) is 0 Å². The van der Waals surface area contributed by atoms with Crippen molar-refractivity contribution in [2.24, 2.45) is 0 Å². The molecular weight excluding hydrogens is 302 g/mol. The molecule has 1 N–H and O–H groups in total. The summed E-state index contributed by atoms with van der Waals surface area (Å²) in [4.78, 5) is 3.56. The fourth-order valence-corrected chi connectivity index (χ4v) is 3.78. The van der Waals surface area contributed by atoms with Gasteiger partial charge in [0.05, 0.1) is 6.61 Å². The number of likely N-dealkylation sites (N-methyl/N-ethyl adjacent to an activating group) is 1. The lowest BCUT2D eigenvalue weighted by atomic mass is 9.80. The van der Waals surface area contributed by atoms with Crippen LogP contribution in [0.15, 0.2) is 59.5 Å². The molecule has 0 fully saturated rings. The lowest BCUT2D eigenvalue weighted by Crippen LogP contribution is -2.42. The van der Waals surface area contributed by atoms with Crippen molar-refractivity contribution in [3.05, 3.63) is 65.7 Å².